The van der Waals surface area contributed by atoms with Crippen LogP contribution in [0.2, 0.25) is 0 Å². The average Bonchev–Trinajstić information content (AvgIpc) is 2.81. The highest BCUT2D eigenvalue weighted by atomic mass is 19.1. The van der Waals surface area contributed by atoms with E-state index in [1.807, 2.05) is 31.1 Å². The molecule has 0 saturated heterocycles. The van der Waals surface area contributed by atoms with Crippen LogP contribution in [0.3, 0.4) is 0 Å². The Morgan fingerprint density at radius 2 is 2.09 bits per heavy atom. The van der Waals surface area contributed by atoms with Crippen LogP contribution in [0.25, 0.3) is 12.8 Å². The molecule has 3 rings (SSSR count). The van der Waals surface area contributed by atoms with Crippen molar-refractivity contribution in [3.05, 3.63) is 75.6 Å². The summed E-state index contributed by atoms with van der Waals surface area (Å²) in [7, 11) is 1.93. The zero-order valence-corrected chi connectivity index (χ0v) is 19.6. The predicted octanol–water partition coefficient (Wildman–Crippen LogP) is 2.72. The van der Waals surface area contributed by atoms with E-state index in [2.05, 4.69) is 32.2 Å². The molecule has 1 aromatic carbocycles. The summed E-state index contributed by atoms with van der Waals surface area (Å²) in [5.41, 5.74) is 1.94. The number of benzene rings is 1. The first kappa shape index (κ1) is 24.3. The molecule has 0 aliphatic rings. The molecule has 0 spiro atoms. The minimum absolute atomic E-state index is 0.261. The molecular weight excluding hydrogens is 433 g/mol. The fraction of sp³-hybridized carbons (Fsp3) is 0.240. The highest BCUT2D eigenvalue weighted by Crippen LogP contribution is 2.24. The average molecular weight is 460 g/mol. The number of nitriles is 1. The number of hydrogen-bond donors (Lipinski definition) is 2. The number of pyridine rings is 1. The van der Waals surface area contributed by atoms with Gasteiger partial charge in [-0.1, -0.05) is 6.58 Å². The Kier molecular flexibility index (Phi) is 7.53. The summed E-state index contributed by atoms with van der Waals surface area (Å²) in [4.78, 5) is 27.4. The number of amides is 1. The molecule has 2 N–H and O–H groups in total. The number of nitrogens with one attached hydrogen (secondary N) is 2. The van der Waals surface area contributed by atoms with Crippen molar-refractivity contribution >= 4 is 30.2 Å². The lowest BCUT2D eigenvalue weighted by Gasteiger charge is -2.17. The molecule has 0 radical (unpaired) electrons. The second-order valence-electron chi connectivity index (χ2n) is 7.85. The highest BCUT2D eigenvalue weighted by molar-refractivity contribution is 6.04. The smallest absolute Gasteiger partial charge is 0.257 e. The SMILES string of the molecule is C=c1nc(NC(C)c2cc(NC(=O)c3cnc(C#N)c(C)c3)ccc2F)cn/c1=C/N(C)CC. The van der Waals surface area contributed by atoms with E-state index >= 15 is 0 Å². The van der Waals surface area contributed by atoms with Gasteiger partial charge in [0, 0.05) is 37.2 Å². The number of halogens is 1. The summed E-state index contributed by atoms with van der Waals surface area (Å²) in [6, 6.07) is 7.43. The molecule has 1 unspecified atom stereocenters. The van der Waals surface area contributed by atoms with Crippen LogP contribution in [0.4, 0.5) is 15.9 Å². The van der Waals surface area contributed by atoms with E-state index in [0.29, 0.717) is 38.9 Å². The molecule has 174 valence electrons. The lowest BCUT2D eigenvalue weighted by atomic mass is 10.1. The molecule has 2 heterocycles. The van der Waals surface area contributed by atoms with E-state index in [-0.39, 0.29) is 5.69 Å². The first-order valence-electron chi connectivity index (χ1n) is 10.7. The van der Waals surface area contributed by atoms with Gasteiger partial charge in [-0.05, 0) is 50.6 Å². The molecule has 0 saturated carbocycles. The Morgan fingerprint density at radius 1 is 1.32 bits per heavy atom. The van der Waals surface area contributed by atoms with E-state index in [4.69, 9.17) is 5.26 Å². The molecule has 0 fully saturated rings. The van der Waals surface area contributed by atoms with Crippen LogP contribution >= 0.6 is 0 Å². The minimum Gasteiger partial charge on any atom is -0.379 e. The van der Waals surface area contributed by atoms with E-state index in [1.165, 1.54) is 18.3 Å². The number of carbonyl (C=O) groups is 1. The van der Waals surface area contributed by atoms with Crippen LogP contribution in [0.15, 0.2) is 36.7 Å². The highest BCUT2D eigenvalue weighted by Gasteiger charge is 2.15. The largest absolute Gasteiger partial charge is 0.379 e. The molecular formula is C25H26FN7O. The fourth-order valence-electron chi connectivity index (χ4n) is 3.19. The Balaban J connectivity index is 1.78. The number of nitrogens with zero attached hydrogens (tertiary/aromatic N) is 5. The Bertz CT molecular complexity index is 1370. The van der Waals surface area contributed by atoms with Crippen molar-refractivity contribution in [3.8, 4) is 6.07 Å². The van der Waals surface area contributed by atoms with Crippen molar-refractivity contribution in [2.24, 2.45) is 0 Å². The van der Waals surface area contributed by atoms with Crippen molar-refractivity contribution in [2.75, 3.05) is 24.2 Å². The van der Waals surface area contributed by atoms with E-state index < -0.39 is 17.8 Å². The van der Waals surface area contributed by atoms with Crippen molar-refractivity contribution < 1.29 is 9.18 Å². The van der Waals surface area contributed by atoms with Crippen molar-refractivity contribution in [3.63, 3.8) is 0 Å². The Hall–Kier alpha value is -4.32. The monoisotopic (exact) mass is 459 g/mol. The normalized spacial score (nSPS) is 12.1. The van der Waals surface area contributed by atoms with Crippen LogP contribution < -0.4 is 21.3 Å². The second kappa shape index (κ2) is 10.5. The lowest BCUT2D eigenvalue weighted by molar-refractivity contribution is 0.102. The standard InChI is InChI=1S/C25H26FN7O/c1-6-33(5)14-23-17(4)31-24(13-29-23)30-16(3)20-10-19(7-8-21(20)26)32-25(34)18-9-15(2)22(11-27)28-12-18/h7-10,12-14,16H,4,6H2,1-3,5H3,(H,30,31)(H,32,34)/b23-14+. The second-order valence-corrected chi connectivity index (χ2v) is 7.85. The van der Waals surface area contributed by atoms with Crippen LogP contribution in [-0.4, -0.2) is 39.4 Å². The van der Waals surface area contributed by atoms with Gasteiger partial charge in [-0.25, -0.2) is 19.3 Å². The molecule has 0 aliphatic heterocycles. The van der Waals surface area contributed by atoms with Crippen LogP contribution in [-0.2, 0) is 0 Å². The summed E-state index contributed by atoms with van der Waals surface area (Å²) in [5.74, 6) is -0.373. The van der Waals surface area contributed by atoms with Crippen molar-refractivity contribution in [1.29, 1.82) is 5.26 Å². The number of anilines is 2. The first-order chi connectivity index (χ1) is 16.2. The van der Waals surface area contributed by atoms with Gasteiger partial charge in [-0.15, -0.1) is 0 Å². The van der Waals surface area contributed by atoms with Crippen LogP contribution in [0.1, 0.15) is 47.1 Å². The van der Waals surface area contributed by atoms with Gasteiger partial charge >= 0.3 is 0 Å². The molecule has 3 aromatic rings. The molecule has 0 aliphatic carbocycles. The van der Waals surface area contributed by atoms with Crippen molar-refractivity contribution in [1.82, 2.24) is 19.9 Å². The van der Waals surface area contributed by atoms with Gasteiger partial charge in [0.15, 0.2) is 0 Å². The molecule has 8 nitrogen and oxygen atoms in total. The minimum atomic E-state index is -0.461. The maximum absolute atomic E-state index is 14.6. The molecule has 1 amide bonds. The number of rotatable bonds is 7. The quantitative estimate of drug-likeness (QED) is 0.559. The summed E-state index contributed by atoms with van der Waals surface area (Å²) >= 11 is 0. The third kappa shape index (κ3) is 5.72. The maximum Gasteiger partial charge on any atom is 0.257 e. The van der Waals surface area contributed by atoms with Crippen LogP contribution in [0.5, 0.6) is 0 Å². The number of aromatic nitrogens is 3. The zero-order valence-electron chi connectivity index (χ0n) is 19.6. The topological polar surface area (TPSA) is 107 Å². The number of aryl methyl sites for hydroxylation is 1. The molecule has 34 heavy (non-hydrogen) atoms. The van der Waals surface area contributed by atoms with Gasteiger partial charge < -0.3 is 15.5 Å². The first-order valence-corrected chi connectivity index (χ1v) is 10.7. The molecule has 0 bridgehead atoms. The maximum atomic E-state index is 14.6. The third-order valence-corrected chi connectivity index (χ3v) is 5.25. The van der Waals surface area contributed by atoms with E-state index in [9.17, 15) is 9.18 Å². The lowest BCUT2D eigenvalue weighted by Crippen LogP contribution is -2.33. The summed E-state index contributed by atoms with van der Waals surface area (Å²) in [6.07, 6.45) is 4.77. The van der Waals surface area contributed by atoms with Gasteiger partial charge in [-0.2, -0.15) is 5.26 Å². The Morgan fingerprint density at radius 3 is 2.74 bits per heavy atom. The summed E-state index contributed by atoms with van der Waals surface area (Å²) < 4.78 is 14.6. The zero-order chi connectivity index (χ0) is 24.8. The predicted molar refractivity (Wildman–Crippen MR) is 130 cm³/mol. The van der Waals surface area contributed by atoms with Crippen LogP contribution in [0, 0.1) is 24.1 Å². The van der Waals surface area contributed by atoms with Gasteiger partial charge in [0.05, 0.1) is 23.2 Å². The molecule has 9 heteroatoms. The fourth-order valence-corrected chi connectivity index (χ4v) is 3.19. The van der Waals surface area contributed by atoms with Gasteiger partial charge in [0.25, 0.3) is 5.91 Å². The molecule has 2 aromatic heterocycles. The summed E-state index contributed by atoms with van der Waals surface area (Å²) in [5, 5.41) is 16.0. The van der Waals surface area contributed by atoms with Gasteiger partial charge in [-0.3, -0.25) is 4.79 Å². The number of carbonyl (C=O) groups excluding carboxylic acids is 1. The third-order valence-electron chi connectivity index (χ3n) is 5.25. The van der Waals surface area contributed by atoms with Gasteiger partial charge in [0.2, 0.25) is 0 Å². The number of hydrogen-bond acceptors (Lipinski definition) is 7. The van der Waals surface area contributed by atoms with E-state index in [1.54, 1.807) is 32.2 Å². The molecule has 1 atom stereocenters. The van der Waals surface area contributed by atoms with Gasteiger partial charge in [0.1, 0.15) is 28.7 Å². The summed E-state index contributed by atoms with van der Waals surface area (Å²) in [6.45, 7) is 10.3. The van der Waals surface area contributed by atoms with E-state index in [0.717, 1.165) is 6.54 Å². The van der Waals surface area contributed by atoms with Crippen molar-refractivity contribution in [2.45, 2.75) is 26.8 Å². The Labute approximate surface area is 197 Å².